The Balaban J connectivity index is 2.35. The minimum atomic E-state index is 0.230. The lowest BCUT2D eigenvalue weighted by atomic mass is 10.2. The van der Waals surface area contributed by atoms with Crippen molar-refractivity contribution in [1.29, 1.82) is 0 Å². The SMILES string of the molecule is CC(=O)CCc1ccsn1. The maximum atomic E-state index is 10.5. The summed E-state index contributed by atoms with van der Waals surface area (Å²) in [6, 6.07) is 1.95. The van der Waals surface area contributed by atoms with Gasteiger partial charge < -0.3 is 4.79 Å². The van der Waals surface area contributed by atoms with Gasteiger partial charge in [-0.15, -0.1) is 0 Å². The zero-order chi connectivity index (χ0) is 7.40. The fourth-order valence-corrected chi connectivity index (χ4v) is 1.24. The predicted octanol–water partition coefficient (Wildman–Crippen LogP) is 1.66. The van der Waals surface area contributed by atoms with Crippen LogP contribution in [0.4, 0.5) is 0 Å². The van der Waals surface area contributed by atoms with Gasteiger partial charge in [0.2, 0.25) is 0 Å². The minimum Gasteiger partial charge on any atom is -0.300 e. The highest BCUT2D eigenvalue weighted by Crippen LogP contribution is 2.02. The van der Waals surface area contributed by atoms with E-state index in [0.29, 0.717) is 6.42 Å². The lowest BCUT2D eigenvalue weighted by molar-refractivity contribution is -0.116. The minimum absolute atomic E-state index is 0.230. The van der Waals surface area contributed by atoms with Crippen molar-refractivity contribution in [3.8, 4) is 0 Å². The summed E-state index contributed by atoms with van der Waals surface area (Å²) in [6.45, 7) is 1.60. The Morgan fingerprint density at radius 2 is 2.60 bits per heavy atom. The van der Waals surface area contributed by atoms with Gasteiger partial charge in [0.05, 0.1) is 5.69 Å². The molecule has 0 spiro atoms. The summed E-state index contributed by atoms with van der Waals surface area (Å²) in [7, 11) is 0. The molecule has 0 N–H and O–H groups in total. The van der Waals surface area contributed by atoms with Crippen molar-refractivity contribution in [2.24, 2.45) is 0 Å². The number of rotatable bonds is 3. The van der Waals surface area contributed by atoms with Crippen molar-refractivity contribution >= 4 is 17.3 Å². The average molecular weight is 155 g/mol. The Morgan fingerprint density at radius 3 is 3.10 bits per heavy atom. The summed E-state index contributed by atoms with van der Waals surface area (Å²) >= 11 is 1.43. The smallest absolute Gasteiger partial charge is 0.130 e. The van der Waals surface area contributed by atoms with Gasteiger partial charge in [0.15, 0.2) is 0 Å². The molecule has 0 bridgehead atoms. The zero-order valence-corrected chi connectivity index (χ0v) is 6.65. The normalized spacial score (nSPS) is 9.70. The first-order valence-electron chi connectivity index (χ1n) is 3.18. The monoisotopic (exact) mass is 155 g/mol. The van der Waals surface area contributed by atoms with Crippen LogP contribution in [0.15, 0.2) is 11.4 Å². The summed E-state index contributed by atoms with van der Waals surface area (Å²) in [4.78, 5) is 10.5. The van der Waals surface area contributed by atoms with Gasteiger partial charge in [0.1, 0.15) is 5.78 Å². The van der Waals surface area contributed by atoms with E-state index >= 15 is 0 Å². The molecule has 0 aliphatic carbocycles. The first-order chi connectivity index (χ1) is 4.79. The van der Waals surface area contributed by atoms with Crippen molar-refractivity contribution in [3.63, 3.8) is 0 Å². The lowest BCUT2D eigenvalue weighted by Crippen LogP contribution is -1.93. The van der Waals surface area contributed by atoms with Crippen LogP contribution in [0.5, 0.6) is 0 Å². The molecule has 1 aromatic heterocycles. The van der Waals surface area contributed by atoms with Gasteiger partial charge in [-0.2, -0.15) is 4.37 Å². The number of ketones is 1. The number of Topliss-reactive ketones (excluding diaryl/α,β-unsaturated/α-hetero) is 1. The molecule has 1 heterocycles. The van der Waals surface area contributed by atoms with E-state index in [9.17, 15) is 4.79 Å². The molecule has 1 rings (SSSR count). The van der Waals surface area contributed by atoms with E-state index in [2.05, 4.69) is 4.37 Å². The Morgan fingerprint density at radius 1 is 1.80 bits per heavy atom. The van der Waals surface area contributed by atoms with E-state index < -0.39 is 0 Å². The quantitative estimate of drug-likeness (QED) is 0.664. The molecule has 0 radical (unpaired) electrons. The van der Waals surface area contributed by atoms with Crippen molar-refractivity contribution in [3.05, 3.63) is 17.1 Å². The number of nitrogens with zero attached hydrogens (tertiary/aromatic N) is 1. The van der Waals surface area contributed by atoms with Gasteiger partial charge in [-0.25, -0.2) is 0 Å². The maximum Gasteiger partial charge on any atom is 0.130 e. The third kappa shape index (κ3) is 2.27. The van der Waals surface area contributed by atoms with Crippen LogP contribution >= 0.6 is 11.5 Å². The first-order valence-corrected chi connectivity index (χ1v) is 4.01. The van der Waals surface area contributed by atoms with Crippen molar-refractivity contribution in [1.82, 2.24) is 4.37 Å². The van der Waals surface area contributed by atoms with Gasteiger partial charge >= 0.3 is 0 Å². The molecule has 0 amide bonds. The topological polar surface area (TPSA) is 30.0 Å². The largest absolute Gasteiger partial charge is 0.300 e. The first kappa shape index (κ1) is 7.41. The van der Waals surface area contributed by atoms with Crippen LogP contribution in [0.25, 0.3) is 0 Å². The lowest BCUT2D eigenvalue weighted by Gasteiger charge is -1.89. The molecular weight excluding hydrogens is 146 g/mol. The van der Waals surface area contributed by atoms with E-state index in [-0.39, 0.29) is 5.78 Å². The second-order valence-corrected chi connectivity index (χ2v) is 2.86. The molecule has 0 aromatic carbocycles. The molecule has 0 fully saturated rings. The van der Waals surface area contributed by atoms with Gasteiger partial charge in [0.25, 0.3) is 0 Å². The number of hydrogen-bond acceptors (Lipinski definition) is 3. The summed E-state index contributed by atoms with van der Waals surface area (Å²) < 4.78 is 4.08. The summed E-state index contributed by atoms with van der Waals surface area (Å²) in [6.07, 6.45) is 1.41. The third-order valence-corrected chi connectivity index (χ3v) is 1.82. The molecule has 0 aliphatic heterocycles. The highest BCUT2D eigenvalue weighted by molar-refractivity contribution is 7.03. The molecule has 0 unspecified atom stereocenters. The number of aryl methyl sites for hydroxylation is 1. The van der Waals surface area contributed by atoms with Crippen LogP contribution in [-0.2, 0) is 11.2 Å². The predicted molar refractivity (Wildman–Crippen MR) is 41.1 cm³/mol. The van der Waals surface area contributed by atoms with E-state index in [1.54, 1.807) is 6.92 Å². The van der Waals surface area contributed by atoms with Crippen LogP contribution in [0.2, 0.25) is 0 Å². The maximum absolute atomic E-state index is 10.5. The van der Waals surface area contributed by atoms with E-state index in [1.165, 1.54) is 11.5 Å². The Bertz CT molecular complexity index is 205. The van der Waals surface area contributed by atoms with Crippen LogP contribution in [0.3, 0.4) is 0 Å². The standard InChI is InChI=1S/C7H9NOS/c1-6(9)2-3-7-4-5-10-8-7/h4-5H,2-3H2,1H3. The molecule has 54 valence electrons. The van der Waals surface area contributed by atoms with Crippen LogP contribution in [-0.4, -0.2) is 10.2 Å². The number of carbonyl (C=O) groups is 1. The highest BCUT2D eigenvalue weighted by atomic mass is 32.1. The van der Waals surface area contributed by atoms with Gasteiger partial charge in [0, 0.05) is 11.8 Å². The van der Waals surface area contributed by atoms with Gasteiger partial charge in [-0.3, -0.25) is 0 Å². The van der Waals surface area contributed by atoms with Crippen molar-refractivity contribution in [2.45, 2.75) is 19.8 Å². The van der Waals surface area contributed by atoms with Crippen LogP contribution < -0.4 is 0 Å². The van der Waals surface area contributed by atoms with Crippen molar-refractivity contribution < 1.29 is 4.79 Å². The van der Waals surface area contributed by atoms with Gasteiger partial charge in [-0.05, 0) is 30.9 Å². The molecule has 2 nitrogen and oxygen atoms in total. The second kappa shape index (κ2) is 3.46. The van der Waals surface area contributed by atoms with Crippen LogP contribution in [0, 0.1) is 0 Å². The Labute approximate surface area is 64.1 Å². The van der Waals surface area contributed by atoms with E-state index in [1.807, 2.05) is 11.4 Å². The van der Waals surface area contributed by atoms with E-state index in [0.717, 1.165) is 12.1 Å². The van der Waals surface area contributed by atoms with Crippen LogP contribution in [0.1, 0.15) is 19.0 Å². The fraction of sp³-hybridized carbons (Fsp3) is 0.429. The average Bonchev–Trinajstić information content (AvgIpc) is 2.34. The molecule has 3 heteroatoms. The van der Waals surface area contributed by atoms with Crippen molar-refractivity contribution in [2.75, 3.05) is 0 Å². The third-order valence-electron chi connectivity index (χ3n) is 1.22. The Kier molecular flexibility index (Phi) is 2.57. The molecule has 0 atom stereocenters. The number of carbonyl (C=O) groups excluding carboxylic acids is 1. The molecule has 0 aliphatic rings. The van der Waals surface area contributed by atoms with Gasteiger partial charge in [-0.1, -0.05) is 0 Å². The number of aromatic nitrogens is 1. The summed E-state index contributed by atoms with van der Waals surface area (Å²) in [5.74, 6) is 0.230. The summed E-state index contributed by atoms with van der Waals surface area (Å²) in [5, 5.41) is 1.93. The summed E-state index contributed by atoms with van der Waals surface area (Å²) in [5.41, 5.74) is 1.03. The molecule has 0 saturated heterocycles. The molecule has 10 heavy (non-hydrogen) atoms. The zero-order valence-electron chi connectivity index (χ0n) is 5.83. The fourth-order valence-electron chi connectivity index (χ4n) is 0.671. The van der Waals surface area contributed by atoms with E-state index in [4.69, 9.17) is 0 Å². The Hall–Kier alpha value is -0.700. The molecule has 1 aromatic rings. The highest BCUT2D eigenvalue weighted by Gasteiger charge is 1.96. The molecule has 0 saturated carbocycles. The second-order valence-electron chi connectivity index (χ2n) is 2.19. The molecular formula is C7H9NOS. The number of hydrogen-bond donors (Lipinski definition) is 0.